The molecule has 8 nitrogen and oxygen atoms in total. The first-order valence-corrected chi connectivity index (χ1v) is 17.3. The summed E-state index contributed by atoms with van der Waals surface area (Å²) in [6.07, 6.45) is 6.23. The van der Waals surface area contributed by atoms with Gasteiger partial charge in [-0.05, 0) is 101 Å². The average Bonchev–Trinajstić information content (AvgIpc) is 3.55. The van der Waals surface area contributed by atoms with Crippen LogP contribution in [0.3, 0.4) is 0 Å². The predicted molar refractivity (Wildman–Crippen MR) is 195 cm³/mol. The van der Waals surface area contributed by atoms with Gasteiger partial charge in [0.05, 0.1) is 38.5 Å². The molecular weight excluding hydrogens is 658 g/mol. The number of nitrogens with one attached hydrogen (secondary N) is 1. The van der Waals surface area contributed by atoms with Crippen LogP contribution in [0.1, 0.15) is 73.5 Å². The van der Waals surface area contributed by atoms with Crippen LogP contribution in [0.25, 0.3) is 10.9 Å². The molecule has 0 bridgehead atoms. The number of rotatable bonds is 9. The molecule has 1 saturated heterocycles. The first-order valence-electron chi connectivity index (χ1n) is 16.5. The van der Waals surface area contributed by atoms with E-state index in [9.17, 15) is 9.65 Å². The van der Waals surface area contributed by atoms with E-state index in [0.717, 1.165) is 49.3 Å². The molecule has 1 N–H and O–H groups in total. The molecular formula is C38H41Cl2FN8. The number of likely N-dealkylation sites (tertiary alicyclic amines) is 1. The monoisotopic (exact) mass is 698 g/mol. The molecule has 1 fully saturated rings. The third kappa shape index (κ3) is 7.89. The standard InChI is InChI=1S/C38H41Cl2FN8/c1-38(2,3)48-13-11-29(12-14-48)49-23-35(45-46-49)30(26-8-6-7-24(15-26)22-47(4)5)16-25-17-31-36(44-28-9-10-34(41)32(39)19-28)27(20-42)21-43-37(31)33(40)18-25/h6-10,15,17-19,21,23,29-30H,11-14,16,22H2,1-5H3,(H,43,44)/t30-/m0/s1. The Labute approximate surface area is 297 Å². The zero-order valence-electron chi connectivity index (χ0n) is 28.5. The topological polar surface area (TPSA) is 85.9 Å². The summed E-state index contributed by atoms with van der Waals surface area (Å²) in [5.74, 6) is -0.635. The number of fused-ring (bicyclic) bond motifs is 1. The summed E-state index contributed by atoms with van der Waals surface area (Å²) in [6.45, 7) is 9.66. The number of piperidine rings is 1. The molecule has 0 spiro atoms. The fourth-order valence-electron chi connectivity index (χ4n) is 6.70. The minimum Gasteiger partial charge on any atom is -0.354 e. The van der Waals surface area contributed by atoms with Crippen molar-refractivity contribution in [3.63, 3.8) is 0 Å². The molecule has 2 aromatic heterocycles. The van der Waals surface area contributed by atoms with Crippen molar-refractivity contribution in [2.24, 2.45) is 0 Å². The van der Waals surface area contributed by atoms with Gasteiger partial charge in [0.15, 0.2) is 0 Å². The van der Waals surface area contributed by atoms with Crippen molar-refractivity contribution in [3.8, 4) is 6.07 Å². The third-order valence-electron chi connectivity index (χ3n) is 9.26. The van der Waals surface area contributed by atoms with E-state index >= 15 is 0 Å². The molecule has 5 aromatic rings. The van der Waals surface area contributed by atoms with Gasteiger partial charge >= 0.3 is 0 Å². The summed E-state index contributed by atoms with van der Waals surface area (Å²) in [6, 6.07) is 19.5. The van der Waals surface area contributed by atoms with Crippen LogP contribution >= 0.6 is 23.2 Å². The van der Waals surface area contributed by atoms with Crippen LogP contribution in [0.15, 0.2) is 67.0 Å². The van der Waals surface area contributed by atoms with Crippen LogP contribution < -0.4 is 5.32 Å². The van der Waals surface area contributed by atoms with Crippen LogP contribution in [-0.4, -0.2) is 62.5 Å². The Morgan fingerprint density at radius 2 is 1.82 bits per heavy atom. The van der Waals surface area contributed by atoms with Gasteiger partial charge in [-0.15, -0.1) is 5.10 Å². The SMILES string of the molecule is CN(C)Cc1cccc([C@H](Cc2cc(Cl)c3ncc(C#N)c(Nc4ccc(F)c(Cl)c4)c3c2)c2cn(C3CCN(C(C)(C)C)CC3)nn2)c1. The smallest absolute Gasteiger partial charge is 0.141 e. The molecule has 0 radical (unpaired) electrons. The highest BCUT2D eigenvalue weighted by molar-refractivity contribution is 6.35. The van der Waals surface area contributed by atoms with Gasteiger partial charge in [0.25, 0.3) is 0 Å². The van der Waals surface area contributed by atoms with Crippen molar-refractivity contribution in [1.29, 1.82) is 5.26 Å². The molecule has 1 atom stereocenters. The molecule has 1 aliphatic heterocycles. The van der Waals surface area contributed by atoms with E-state index in [4.69, 9.17) is 28.3 Å². The Morgan fingerprint density at radius 3 is 2.51 bits per heavy atom. The number of nitriles is 1. The van der Waals surface area contributed by atoms with Crippen LogP contribution in [0, 0.1) is 17.1 Å². The Bertz CT molecular complexity index is 2000. The molecule has 254 valence electrons. The number of aromatic nitrogens is 4. The summed E-state index contributed by atoms with van der Waals surface area (Å²) in [4.78, 5) is 9.21. The number of hydrogen-bond acceptors (Lipinski definition) is 7. The van der Waals surface area contributed by atoms with Crippen molar-refractivity contribution in [2.45, 2.75) is 64.1 Å². The van der Waals surface area contributed by atoms with E-state index in [1.807, 2.05) is 12.1 Å². The van der Waals surface area contributed by atoms with Gasteiger partial charge in [0.1, 0.15) is 11.9 Å². The van der Waals surface area contributed by atoms with E-state index < -0.39 is 5.82 Å². The number of nitrogens with zero attached hydrogens (tertiary/aromatic N) is 7. The lowest BCUT2D eigenvalue weighted by Crippen LogP contribution is -2.46. The maximum atomic E-state index is 13.9. The van der Waals surface area contributed by atoms with Crippen molar-refractivity contribution in [3.05, 3.63) is 111 Å². The van der Waals surface area contributed by atoms with Crippen LogP contribution in [0.5, 0.6) is 0 Å². The van der Waals surface area contributed by atoms with Crippen molar-refractivity contribution >= 4 is 45.5 Å². The van der Waals surface area contributed by atoms with E-state index in [0.29, 0.717) is 45.3 Å². The normalized spacial score (nSPS) is 15.1. The number of pyridine rings is 1. The second-order valence-corrected chi connectivity index (χ2v) is 15.0. The minimum atomic E-state index is -0.523. The molecule has 6 rings (SSSR count). The van der Waals surface area contributed by atoms with Gasteiger partial charge in [-0.2, -0.15) is 5.26 Å². The maximum absolute atomic E-state index is 13.9. The lowest BCUT2D eigenvalue weighted by molar-refractivity contribution is 0.0866. The average molecular weight is 700 g/mol. The van der Waals surface area contributed by atoms with Crippen LogP contribution in [0.2, 0.25) is 10.0 Å². The highest BCUT2D eigenvalue weighted by Crippen LogP contribution is 2.37. The molecule has 49 heavy (non-hydrogen) atoms. The summed E-state index contributed by atoms with van der Waals surface area (Å²) < 4.78 is 16.0. The largest absolute Gasteiger partial charge is 0.354 e. The van der Waals surface area contributed by atoms with Gasteiger partial charge in [-0.25, -0.2) is 9.07 Å². The molecule has 11 heteroatoms. The molecule has 0 unspecified atom stereocenters. The maximum Gasteiger partial charge on any atom is 0.141 e. The first-order chi connectivity index (χ1) is 23.4. The highest BCUT2D eigenvalue weighted by Gasteiger charge is 2.29. The van der Waals surface area contributed by atoms with Crippen LogP contribution in [0.4, 0.5) is 15.8 Å². The molecule has 1 aliphatic rings. The van der Waals surface area contributed by atoms with Crippen molar-refractivity contribution in [2.75, 3.05) is 32.5 Å². The van der Waals surface area contributed by atoms with Gasteiger partial charge < -0.3 is 10.2 Å². The van der Waals surface area contributed by atoms with Gasteiger partial charge in [0, 0.05) is 54.6 Å². The van der Waals surface area contributed by atoms with Crippen molar-refractivity contribution < 1.29 is 4.39 Å². The summed E-state index contributed by atoms with van der Waals surface area (Å²) in [7, 11) is 4.12. The molecule has 3 aromatic carbocycles. The molecule has 3 heterocycles. The number of anilines is 2. The van der Waals surface area contributed by atoms with E-state index in [2.05, 4.69) is 101 Å². The van der Waals surface area contributed by atoms with Crippen molar-refractivity contribution in [1.82, 2.24) is 29.8 Å². The number of hydrogen-bond donors (Lipinski definition) is 1. The predicted octanol–water partition coefficient (Wildman–Crippen LogP) is 8.76. The summed E-state index contributed by atoms with van der Waals surface area (Å²) in [5.41, 5.74) is 6.27. The Hall–Kier alpha value is -4.07. The van der Waals surface area contributed by atoms with Gasteiger partial charge in [0.2, 0.25) is 0 Å². The second-order valence-electron chi connectivity index (χ2n) is 14.1. The Morgan fingerprint density at radius 1 is 1.04 bits per heavy atom. The fourth-order valence-corrected chi connectivity index (χ4v) is 7.17. The van der Waals surface area contributed by atoms with E-state index in [1.165, 1.54) is 23.9 Å². The quantitative estimate of drug-likeness (QED) is 0.165. The molecule has 0 amide bonds. The molecule has 0 aliphatic carbocycles. The zero-order valence-corrected chi connectivity index (χ0v) is 30.0. The van der Waals surface area contributed by atoms with E-state index in [-0.39, 0.29) is 16.5 Å². The Kier molecular flexibility index (Phi) is 10.2. The number of halogens is 3. The second kappa shape index (κ2) is 14.4. The molecule has 0 saturated carbocycles. The van der Waals surface area contributed by atoms with Crippen LogP contribution in [-0.2, 0) is 13.0 Å². The summed E-state index contributed by atoms with van der Waals surface area (Å²) in [5, 5.41) is 23.9. The Balaban J connectivity index is 1.38. The van der Waals surface area contributed by atoms with E-state index in [1.54, 1.807) is 6.07 Å². The highest BCUT2D eigenvalue weighted by atomic mass is 35.5. The fraction of sp³-hybridized carbons (Fsp3) is 0.368. The van der Waals surface area contributed by atoms with Gasteiger partial charge in [-0.3, -0.25) is 9.88 Å². The summed E-state index contributed by atoms with van der Waals surface area (Å²) >= 11 is 13.0. The lowest BCUT2D eigenvalue weighted by atomic mass is 9.88. The first kappa shape index (κ1) is 34.8. The van der Waals surface area contributed by atoms with Gasteiger partial charge in [-0.1, -0.05) is 52.7 Å². The minimum absolute atomic E-state index is 0.0206. The number of benzene rings is 3. The lowest BCUT2D eigenvalue weighted by Gasteiger charge is -2.40. The zero-order chi connectivity index (χ0) is 34.9. The third-order valence-corrected chi connectivity index (χ3v) is 9.84.